The Morgan fingerprint density at radius 2 is 0.915 bits per heavy atom. The molecule has 2 aromatic carbocycles. The van der Waals surface area contributed by atoms with Gasteiger partial charge in [0, 0.05) is 16.7 Å². The maximum Gasteiger partial charge on any atom is 0.250 e. The average Bonchev–Trinajstić information content (AvgIpc) is 2.96. The third kappa shape index (κ3) is 14.1. The van der Waals surface area contributed by atoms with E-state index in [0.717, 1.165) is 5.56 Å². The molecule has 250 valence electrons. The number of hydrogen-bond donors (Lipinski definition) is 0. The molecule has 4 aromatic rings. The highest BCUT2D eigenvalue weighted by Crippen LogP contribution is 2.40. The van der Waals surface area contributed by atoms with Crippen LogP contribution in [0, 0.1) is 25.2 Å². The van der Waals surface area contributed by atoms with Crippen LogP contribution in [0.4, 0.5) is 0 Å². The van der Waals surface area contributed by atoms with E-state index in [2.05, 4.69) is 29.9 Å². The average molecular weight is 822 g/mol. The van der Waals surface area contributed by atoms with E-state index in [1.807, 2.05) is 6.07 Å². The molecule has 18 heteroatoms. The van der Waals surface area contributed by atoms with Crippen molar-refractivity contribution in [2.75, 3.05) is 0 Å². The molecule has 0 aliphatic heterocycles. The van der Waals surface area contributed by atoms with Gasteiger partial charge in [0.15, 0.2) is 34.9 Å². The van der Waals surface area contributed by atoms with Crippen LogP contribution < -0.4 is 0 Å². The van der Waals surface area contributed by atoms with Crippen molar-refractivity contribution in [2.45, 2.75) is 46.5 Å². The van der Waals surface area contributed by atoms with E-state index >= 15 is 0 Å². The number of carbonyl (C=O) groups excluding carboxylic acids is 2. The van der Waals surface area contributed by atoms with Crippen LogP contribution in [0.2, 0.25) is 0 Å². The summed E-state index contributed by atoms with van der Waals surface area (Å²) in [5.74, 6) is 1.07. The van der Waals surface area contributed by atoms with Gasteiger partial charge in [0.1, 0.15) is 11.6 Å². The van der Waals surface area contributed by atoms with Crippen LogP contribution in [0.15, 0.2) is 48.5 Å². The Morgan fingerprint density at radius 1 is 0.574 bits per heavy atom. The molecule has 9 nitrogen and oxygen atoms in total. The summed E-state index contributed by atoms with van der Waals surface area (Å²) in [5.41, 5.74) is 2.55. The quantitative estimate of drug-likeness (QED) is 0.146. The lowest BCUT2D eigenvalue weighted by Gasteiger charge is -2.14. The van der Waals surface area contributed by atoms with Crippen molar-refractivity contribution >= 4 is 116 Å². The number of carbonyl (C=O) groups is 2. The highest BCUT2D eigenvalue weighted by atomic mass is 35.6. The van der Waals surface area contributed by atoms with Gasteiger partial charge in [-0.15, -0.1) is 0 Å². The minimum atomic E-state index is -1.78. The molecule has 4 rings (SSSR count). The van der Waals surface area contributed by atoms with Gasteiger partial charge in [-0.1, -0.05) is 148 Å². The molecule has 0 spiro atoms. The standard InChI is InChI=1S/C13H10Cl3N3O.C9H7NO.C6H3Cl6N3.CH4/c1-7(20)9-3-5-10(6-4-9)11-17-8(2)18-12(19-11)13(14,15)16;1-7(11)9-4-2-8(6-10)3-5-9;1-2-13-3(5(7,8)9)15-4(14-2)6(10,11)12;/h3-6H,1-2H3;2-5H,1H3;1H3;1H4. The Bertz CT molecular complexity index is 1700. The third-order valence-electron chi connectivity index (χ3n) is 5.23. The Balaban J connectivity index is 0.000000365. The van der Waals surface area contributed by atoms with E-state index in [1.165, 1.54) is 13.8 Å². The normalized spacial score (nSPS) is 11.1. The molecule has 0 saturated carbocycles. The summed E-state index contributed by atoms with van der Waals surface area (Å²) >= 11 is 51.0. The topological polar surface area (TPSA) is 135 Å². The molecule has 0 bridgehead atoms. The van der Waals surface area contributed by atoms with E-state index in [9.17, 15) is 9.59 Å². The van der Waals surface area contributed by atoms with Gasteiger partial charge in [0.05, 0.1) is 11.6 Å². The van der Waals surface area contributed by atoms with Crippen LogP contribution in [0.3, 0.4) is 0 Å². The summed E-state index contributed by atoms with van der Waals surface area (Å²) in [5, 5.41) is 8.43. The second-order valence-corrected chi connectivity index (χ2v) is 15.8. The maximum absolute atomic E-state index is 11.2. The Hall–Kier alpha value is -2.10. The molecule has 0 unspecified atom stereocenters. The summed E-state index contributed by atoms with van der Waals surface area (Å²) in [7, 11) is 0. The lowest BCUT2D eigenvalue weighted by molar-refractivity contribution is 0.100. The summed E-state index contributed by atoms with van der Waals surface area (Å²) in [6.07, 6.45) is 0. The largest absolute Gasteiger partial charge is 0.295 e. The van der Waals surface area contributed by atoms with Crippen molar-refractivity contribution in [3.05, 3.63) is 94.3 Å². The van der Waals surface area contributed by atoms with Gasteiger partial charge in [0.25, 0.3) is 0 Å². The lowest BCUT2D eigenvalue weighted by Crippen LogP contribution is -2.16. The molecule has 0 fully saturated rings. The number of aryl methyl sites for hydroxylation is 2. The summed E-state index contributed by atoms with van der Waals surface area (Å²) in [4.78, 5) is 45.8. The molecule has 47 heavy (non-hydrogen) atoms. The smallest absolute Gasteiger partial charge is 0.250 e. The van der Waals surface area contributed by atoms with E-state index < -0.39 is 11.4 Å². The van der Waals surface area contributed by atoms with Crippen molar-refractivity contribution in [3.63, 3.8) is 0 Å². The van der Waals surface area contributed by atoms with Crippen molar-refractivity contribution < 1.29 is 9.59 Å². The van der Waals surface area contributed by atoms with E-state index in [1.54, 1.807) is 62.4 Å². The number of nitrogens with zero attached hydrogens (tertiary/aromatic N) is 7. The van der Waals surface area contributed by atoms with Crippen molar-refractivity contribution in [1.29, 1.82) is 5.26 Å². The van der Waals surface area contributed by atoms with E-state index in [-0.39, 0.29) is 36.5 Å². The van der Waals surface area contributed by atoms with Gasteiger partial charge in [-0.3, -0.25) is 9.59 Å². The SMILES string of the molecule is C.CC(=O)c1ccc(-c2nc(C)nc(C(Cl)(Cl)Cl)n2)cc1.CC(=O)c1ccc(C#N)cc1.Cc1nc(C(Cl)(Cl)Cl)nc(C(Cl)(Cl)Cl)n1. The first kappa shape index (κ1) is 42.9. The number of alkyl halides is 9. The minimum Gasteiger partial charge on any atom is -0.295 e. The van der Waals surface area contributed by atoms with Crippen molar-refractivity contribution in [2.24, 2.45) is 0 Å². The number of aromatic nitrogens is 6. The fraction of sp³-hybridized carbons (Fsp3) is 0.276. The first-order chi connectivity index (χ1) is 21.1. The highest BCUT2D eigenvalue weighted by molar-refractivity contribution is 6.67. The zero-order valence-electron chi connectivity index (χ0n) is 24.0. The molecule has 2 aromatic heterocycles. The molecule has 0 amide bonds. The number of ketones is 2. The van der Waals surface area contributed by atoms with Gasteiger partial charge < -0.3 is 0 Å². The van der Waals surface area contributed by atoms with Crippen LogP contribution >= 0.6 is 104 Å². The Kier molecular flexibility index (Phi) is 16.5. The molecular formula is C29H24Cl9N7O2. The molecular weight excluding hydrogens is 797 g/mol. The van der Waals surface area contributed by atoms with Gasteiger partial charge in [-0.25, -0.2) is 29.9 Å². The van der Waals surface area contributed by atoms with Crippen LogP contribution in [0.5, 0.6) is 0 Å². The first-order valence-corrected chi connectivity index (χ1v) is 15.8. The van der Waals surface area contributed by atoms with Crippen molar-refractivity contribution in [1.82, 2.24) is 29.9 Å². The maximum atomic E-state index is 11.2. The number of Topliss-reactive ketones (excluding diaryl/α,β-unsaturated/α-hetero) is 2. The van der Waals surface area contributed by atoms with Gasteiger partial charge in [-0.2, -0.15) is 5.26 Å². The summed E-state index contributed by atoms with van der Waals surface area (Å²) < 4.78 is -5.27. The van der Waals surface area contributed by atoms with Gasteiger partial charge in [0.2, 0.25) is 11.4 Å². The Morgan fingerprint density at radius 3 is 1.26 bits per heavy atom. The molecule has 0 aliphatic carbocycles. The van der Waals surface area contributed by atoms with Crippen LogP contribution in [-0.4, -0.2) is 41.5 Å². The number of nitriles is 1. The number of rotatable bonds is 3. The molecule has 0 saturated heterocycles. The summed E-state index contributed by atoms with van der Waals surface area (Å²) in [6, 6.07) is 15.4. The monoisotopic (exact) mass is 817 g/mol. The third-order valence-corrected chi connectivity index (χ3v) is 6.75. The van der Waals surface area contributed by atoms with Crippen molar-refractivity contribution in [3.8, 4) is 17.5 Å². The molecule has 0 N–H and O–H groups in total. The molecule has 2 heterocycles. The molecule has 0 aliphatic rings. The zero-order valence-corrected chi connectivity index (χ0v) is 30.8. The summed E-state index contributed by atoms with van der Waals surface area (Å²) in [6.45, 7) is 6.26. The zero-order chi connectivity index (χ0) is 35.0. The Labute approximate surface area is 316 Å². The fourth-order valence-corrected chi connectivity index (χ4v) is 3.87. The second-order valence-electron chi connectivity index (χ2n) is 8.93. The van der Waals surface area contributed by atoms with Crippen LogP contribution in [0.1, 0.15) is 76.7 Å². The highest BCUT2D eigenvalue weighted by Gasteiger charge is 2.33. The predicted molar refractivity (Wildman–Crippen MR) is 190 cm³/mol. The second kappa shape index (κ2) is 18.1. The molecule has 0 radical (unpaired) electrons. The first-order valence-electron chi connectivity index (χ1n) is 12.4. The van der Waals surface area contributed by atoms with Crippen LogP contribution in [-0.2, 0) is 11.4 Å². The molecule has 0 atom stereocenters. The van der Waals surface area contributed by atoms with Gasteiger partial charge >= 0.3 is 0 Å². The number of hydrogen-bond acceptors (Lipinski definition) is 9. The van der Waals surface area contributed by atoms with E-state index in [0.29, 0.717) is 34.2 Å². The number of benzene rings is 2. The lowest BCUT2D eigenvalue weighted by atomic mass is 10.1. The van der Waals surface area contributed by atoms with E-state index in [4.69, 9.17) is 110 Å². The van der Waals surface area contributed by atoms with Crippen LogP contribution in [0.25, 0.3) is 11.4 Å². The minimum absolute atomic E-state index is 0. The fourth-order valence-electron chi connectivity index (χ4n) is 3.11. The number of halogens is 9. The van der Waals surface area contributed by atoms with Gasteiger partial charge in [-0.05, 0) is 39.8 Å². The predicted octanol–water partition coefficient (Wildman–Crippen LogP) is 10.1.